The van der Waals surface area contributed by atoms with Crippen molar-refractivity contribution in [2.24, 2.45) is 0 Å². The number of halogens is 1. The number of nitrogens with zero attached hydrogens (tertiary/aromatic N) is 2. The third-order valence-corrected chi connectivity index (χ3v) is 3.52. The second kappa shape index (κ2) is 3.82. The molecule has 4 nitrogen and oxygen atoms in total. The van der Waals surface area contributed by atoms with Gasteiger partial charge in [0.15, 0.2) is 5.82 Å². The number of aromatic nitrogens is 3. The van der Waals surface area contributed by atoms with E-state index in [2.05, 4.69) is 20.5 Å². The largest absolute Gasteiger partial charge is 0.308 e. The maximum atomic E-state index is 5.85. The van der Waals surface area contributed by atoms with E-state index in [-0.39, 0.29) is 5.54 Å². The molecule has 1 aliphatic rings. The molecule has 17 heavy (non-hydrogen) atoms. The van der Waals surface area contributed by atoms with Crippen LogP contribution in [0.15, 0.2) is 24.3 Å². The highest BCUT2D eigenvalue weighted by Gasteiger charge is 2.45. The molecule has 1 saturated carbocycles. The Labute approximate surface area is 104 Å². The summed E-state index contributed by atoms with van der Waals surface area (Å²) in [6.07, 6.45) is 2.22. The molecule has 0 amide bonds. The van der Waals surface area contributed by atoms with Gasteiger partial charge in [-0.15, -0.1) is 0 Å². The minimum atomic E-state index is 0.0255. The summed E-state index contributed by atoms with van der Waals surface area (Å²) in [7, 11) is 1.96. The highest BCUT2D eigenvalue weighted by molar-refractivity contribution is 6.30. The number of H-pyrrole nitrogens is 1. The van der Waals surface area contributed by atoms with Gasteiger partial charge in [0.05, 0.1) is 5.54 Å². The van der Waals surface area contributed by atoms with Gasteiger partial charge in [-0.25, -0.2) is 4.98 Å². The topological polar surface area (TPSA) is 53.6 Å². The lowest BCUT2D eigenvalue weighted by Gasteiger charge is -2.08. The molecule has 88 valence electrons. The lowest BCUT2D eigenvalue weighted by Crippen LogP contribution is -2.25. The Bertz CT molecular complexity index is 528. The van der Waals surface area contributed by atoms with E-state index >= 15 is 0 Å². The highest BCUT2D eigenvalue weighted by atomic mass is 35.5. The Hall–Kier alpha value is -1.39. The van der Waals surface area contributed by atoms with Gasteiger partial charge >= 0.3 is 0 Å². The summed E-state index contributed by atoms with van der Waals surface area (Å²) >= 11 is 5.85. The molecule has 1 heterocycles. The lowest BCUT2D eigenvalue weighted by atomic mass is 10.2. The third kappa shape index (κ3) is 1.83. The maximum absolute atomic E-state index is 5.85. The fraction of sp³-hybridized carbons (Fsp3) is 0.333. The van der Waals surface area contributed by atoms with Crippen LogP contribution in [0.3, 0.4) is 0 Å². The Morgan fingerprint density at radius 3 is 2.59 bits per heavy atom. The van der Waals surface area contributed by atoms with E-state index in [1.165, 1.54) is 0 Å². The summed E-state index contributed by atoms with van der Waals surface area (Å²) in [5, 5.41) is 11.3. The SMILES string of the molecule is CNC1(c2nc(-c3ccc(Cl)cc3)n[nH]2)CC1. The molecule has 0 unspecified atom stereocenters. The number of hydrogen-bond donors (Lipinski definition) is 2. The molecular weight excluding hydrogens is 236 g/mol. The van der Waals surface area contributed by atoms with Crippen LogP contribution >= 0.6 is 11.6 Å². The minimum Gasteiger partial charge on any atom is -0.308 e. The summed E-state index contributed by atoms with van der Waals surface area (Å²) in [6, 6.07) is 7.54. The molecule has 5 heteroatoms. The summed E-state index contributed by atoms with van der Waals surface area (Å²) < 4.78 is 0. The monoisotopic (exact) mass is 248 g/mol. The standard InChI is InChI=1S/C12H13ClN4/c1-14-12(6-7-12)11-15-10(16-17-11)8-2-4-9(13)5-3-8/h2-5,14H,6-7H2,1H3,(H,15,16,17). The number of benzene rings is 1. The van der Waals surface area contributed by atoms with Gasteiger partial charge in [0.2, 0.25) is 0 Å². The van der Waals surface area contributed by atoms with Crippen molar-refractivity contribution in [1.82, 2.24) is 20.5 Å². The molecular formula is C12H13ClN4. The average Bonchev–Trinajstić information content (AvgIpc) is 3.00. The second-order valence-electron chi connectivity index (χ2n) is 4.35. The molecule has 2 N–H and O–H groups in total. The first-order chi connectivity index (χ1) is 8.23. The fourth-order valence-corrected chi connectivity index (χ4v) is 2.06. The summed E-state index contributed by atoms with van der Waals surface area (Å²) in [4.78, 5) is 4.54. The Morgan fingerprint density at radius 1 is 1.29 bits per heavy atom. The van der Waals surface area contributed by atoms with E-state index in [1.54, 1.807) is 0 Å². The van der Waals surface area contributed by atoms with Crippen LogP contribution in [0.4, 0.5) is 0 Å². The van der Waals surface area contributed by atoms with Crippen molar-refractivity contribution in [3.05, 3.63) is 35.1 Å². The maximum Gasteiger partial charge on any atom is 0.181 e. The first kappa shape index (κ1) is 10.7. The van der Waals surface area contributed by atoms with Crippen molar-refractivity contribution in [1.29, 1.82) is 0 Å². The van der Waals surface area contributed by atoms with Gasteiger partial charge in [-0.2, -0.15) is 5.10 Å². The molecule has 1 aromatic heterocycles. The van der Waals surface area contributed by atoms with Crippen LogP contribution in [0.25, 0.3) is 11.4 Å². The molecule has 3 rings (SSSR count). The van der Waals surface area contributed by atoms with Crippen LogP contribution in [-0.4, -0.2) is 22.2 Å². The number of hydrogen-bond acceptors (Lipinski definition) is 3. The molecule has 1 aliphatic carbocycles. The predicted molar refractivity (Wildman–Crippen MR) is 66.8 cm³/mol. The van der Waals surface area contributed by atoms with Gasteiger partial charge in [-0.1, -0.05) is 11.6 Å². The van der Waals surface area contributed by atoms with Crippen LogP contribution in [0.1, 0.15) is 18.7 Å². The van der Waals surface area contributed by atoms with E-state index in [4.69, 9.17) is 11.6 Å². The van der Waals surface area contributed by atoms with Gasteiger partial charge < -0.3 is 5.32 Å². The van der Waals surface area contributed by atoms with Gasteiger partial charge in [0, 0.05) is 10.6 Å². The highest BCUT2D eigenvalue weighted by Crippen LogP contribution is 2.43. The van der Waals surface area contributed by atoms with E-state index in [0.29, 0.717) is 0 Å². The molecule has 0 spiro atoms. The number of rotatable bonds is 3. The van der Waals surface area contributed by atoms with Crippen molar-refractivity contribution < 1.29 is 0 Å². The van der Waals surface area contributed by atoms with E-state index < -0.39 is 0 Å². The predicted octanol–water partition coefficient (Wildman–Crippen LogP) is 2.33. The molecule has 2 aromatic rings. The molecule has 0 radical (unpaired) electrons. The Balaban J connectivity index is 1.92. The smallest absolute Gasteiger partial charge is 0.181 e. The molecule has 0 saturated heterocycles. The average molecular weight is 249 g/mol. The summed E-state index contributed by atoms with van der Waals surface area (Å²) in [5.41, 5.74) is 1.00. The van der Waals surface area contributed by atoms with E-state index in [0.717, 1.165) is 35.1 Å². The first-order valence-electron chi connectivity index (χ1n) is 5.61. The van der Waals surface area contributed by atoms with Crippen LogP contribution in [0.5, 0.6) is 0 Å². The molecule has 1 fully saturated rings. The fourth-order valence-electron chi connectivity index (χ4n) is 1.93. The summed E-state index contributed by atoms with van der Waals surface area (Å²) in [5.74, 6) is 1.64. The Morgan fingerprint density at radius 2 is 2.00 bits per heavy atom. The van der Waals surface area contributed by atoms with Crippen molar-refractivity contribution in [3.8, 4) is 11.4 Å². The zero-order chi connectivity index (χ0) is 11.9. The van der Waals surface area contributed by atoms with Crippen molar-refractivity contribution in [2.45, 2.75) is 18.4 Å². The van der Waals surface area contributed by atoms with Gasteiger partial charge in [0.25, 0.3) is 0 Å². The molecule has 0 atom stereocenters. The summed E-state index contributed by atoms with van der Waals surface area (Å²) in [6.45, 7) is 0. The normalized spacial score (nSPS) is 17.1. The van der Waals surface area contributed by atoms with Crippen LogP contribution < -0.4 is 5.32 Å². The van der Waals surface area contributed by atoms with Crippen LogP contribution in [0, 0.1) is 0 Å². The molecule has 0 bridgehead atoms. The molecule has 1 aromatic carbocycles. The van der Waals surface area contributed by atoms with Crippen LogP contribution in [-0.2, 0) is 5.54 Å². The number of nitrogens with one attached hydrogen (secondary N) is 2. The minimum absolute atomic E-state index is 0.0255. The zero-order valence-electron chi connectivity index (χ0n) is 9.50. The zero-order valence-corrected chi connectivity index (χ0v) is 10.3. The second-order valence-corrected chi connectivity index (χ2v) is 4.78. The van der Waals surface area contributed by atoms with Crippen LogP contribution in [0.2, 0.25) is 5.02 Å². The van der Waals surface area contributed by atoms with Crippen molar-refractivity contribution in [3.63, 3.8) is 0 Å². The lowest BCUT2D eigenvalue weighted by molar-refractivity contribution is 0.550. The van der Waals surface area contributed by atoms with Gasteiger partial charge in [-0.05, 0) is 44.2 Å². The quantitative estimate of drug-likeness (QED) is 0.877. The van der Waals surface area contributed by atoms with Crippen molar-refractivity contribution in [2.75, 3.05) is 7.05 Å². The van der Waals surface area contributed by atoms with Gasteiger partial charge in [0.1, 0.15) is 5.82 Å². The molecule has 0 aliphatic heterocycles. The van der Waals surface area contributed by atoms with Crippen molar-refractivity contribution >= 4 is 11.6 Å². The van der Waals surface area contributed by atoms with E-state index in [1.807, 2.05) is 31.3 Å². The van der Waals surface area contributed by atoms with Gasteiger partial charge in [-0.3, -0.25) is 5.10 Å². The first-order valence-corrected chi connectivity index (χ1v) is 5.99. The third-order valence-electron chi connectivity index (χ3n) is 3.27. The van der Waals surface area contributed by atoms with E-state index in [9.17, 15) is 0 Å². The Kier molecular flexibility index (Phi) is 2.42. The number of aromatic amines is 1.